The number of imidazole rings is 1. The molecule has 2 aliphatic heterocycles. The van der Waals surface area contributed by atoms with Crippen LogP contribution in [0.5, 0.6) is 0 Å². The van der Waals surface area contributed by atoms with Crippen molar-refractivity contribution in [2.75, 3.05) is 63.0 Å². The number of benzene rings is 1. The van der Waals surface area contributed by atoms with Crippen LogP contribution in [0, 0.1) is 5.92 Å². The minimum absolute atomic E-state index is 0.00549. The number of carbonyl (C=O) groups is 3. The smallest absolute Gasteiger partial charge is 0.381 e. The maximum Gasteiger partial charge on any atom is 0.435 e. The number of piperidine rings is 1. The lowest BCUT2D eigenvalue weighted by Crippen LogP contribution is -2.52. The number of piperazine rings is 1. The van der Waals surface area contributed by atoms with Crippen LogP contribution >= 0.6 is 11.6 Å². The van der Waals surface area contributed by atoms with Gasteiger partial charge in [0, 0.05) is 57.9 Å². The summed E-state index contributed by atoms with van der Waals surface area (Å²) in [5.41, 5.74) is 4.67. The highest BCUT2D eigenvalue weighted by molar-refractivity contribution is 6.34. The van der Waals surface area contributed by atoms with E-state index in [2.05, 4.69) is 41.1 Å². The van der Waals surface area contributed by atoms with Crippen molar-refractivity contribution in [2.45, 2.75) is 19.0 Å². The molecule has 0 atom stereocenters. The van der Waals surface area contributed by atoms with Crippen LogP contribution in [-0.4, -0.2) is 110 Å². The fraction of sp³-hybridized carbons (Fsp3) is 0.406. The van der Waals surface area contributed by atoms with Gasteiger partial charge in [-0.15, -0.1) is 0 Å². The van der Waals surface area contributed by atoms with E-state index < -0.39 is 17.8 Å². The van der Waals surface area contributed by atoms with Gasteiger partial charge in [0.25, 0.3) is 11.8 Å². The zero-order chi connectivity index (χ0) is 36.3. The maximum absolute atomic E-state index is 14.1. The highest BCUT2D eigenvalue weighted by Crippen LogP contribution is 2.40. The molecule has 270 valence electrons. The molecule has 5 heterocycles. The second-order valence-electron chi connectivity index (χ2n) is 12.1. The summed E-state index contributed by atoms with van der Waals surface area (Å²) in [6.07, 6.45) is 0.696. The fourth-order valence-corrected chi connectivity index (χ4v) is 6.42. The Bertz CT molecular complexity index is 1900. The summed E-state index contributed by atoms with van der Waals surface area (Å²) in [5.74, 6) is -1.17. The van der Waals surface area contributed by atoms with Crippen molar-refractivity contribution >= 4 is 40.7 Å². The predicted molar refractivity (Wildman–Crippen MR) is 182 cm³/mol. The number of aromatic amines is 1. The molecule has 0 radical (unpaired) electrons. The van der Waals surface area contributed by atoms with E-state index in [0.29, 0.717) is 45.0 Å². The third-order valence-electron chi connectivity index (χ3n) is 8.86. The molecule has 2 aliphatic rings. The molecule has 1 aromatic carbocycles. The first-order valence-electron chi connectivity index (χ1n) is 16.3. The van der Waals surface area contributed by atoms with Crippen molar-refractivity contribution in [3.8, 4) is 22.8 Å². The third kappa shape index (κ3) is 7.67. The van der Waals surface area contributed by atoms with Gasteiger partial charge in [-0.3, -0.25) is 19.5 Å². The summed E-state index contributed by atoms with van der Waals surface area (Å²) in [6, 6.07) is 4.39. The first-order chi connectivity index (χ1) is 24.5. The van der Waals surface area contributed by atoms with Gasteiger partial charge in [-0.05, 0) is 44.1 Å². The van der Waals surface area contributed by atoms with Gasteiger partial charge >= 0.3 is 6.18 Å². The van der Waals surface area contributed by atoms with Crippen molar-refractivity contribution in [2.24, 2.45) is 18.7 Å². The Hall–Kier alpha value is -5.07. The Labute approximate surface area is 295 Å². The molecule has 0 unspecified atom stereocenters. The lowest BCUT2D eigenvalue weighted by atomic mass is 9.96. The highest BCUT2D eigenvalue weighted by atomic mass is 35.5. The van der Waals surface area contributed by atoms with E-state index in [1.54, 1.807) is 4.90 Å². The Morgan fingerprint density at radius 2 is 1.69 bits per heavy atom. The molecule has 19 heteroatoms. The Morgan fingerprint density at radius 1 is 1.00 bits per heavy atom. The minimum Gasteiger partial charge on any atom is -0.381 e. The van der Waals surface area contributed by atoms with Crippen LogP contribution < -0.4 is 21.7 Å². The Kier molecular flexibility index (Phi) is 10.5. The molecule has 51 heavy (non-hydrogen) atoms. The van der Waals surface area contributed by atoms with Crippen LogP contribution in [0.3, 0.4) is 0 Å². The van der Waals surface area contributed by atoms with Crippen molar-refractivity contribution in [1.29, 1.82) is 0 Å². The number of halogens is 4. The number of nitrogens with two attached hydrogens (primary N) is 1. The third-order valence-corrected chi connectivity index (χ3v) is 9.17. The molecule has 6 N–H and O–H groups in total. The SMILES string of the molecule is Cn1c(-c2c(C(F)(F)F)n[nH]c2-c2ncc(NCCN)cn2)cnc1C(=O)Nc1ccc(C(=O)N2CCN(C(=O)C3CCNCC3)CC2)c(Cl)c1. The van der Waals surface area contributed by atoms with Crippen LogP contribution in [0.15, 0.2) is 36.8 Å². The minimum atomic E-state index is -4.85. The molecule has 0 aliphatic carbocycles. The molecule has 0 bridgehead atoms. The monoisotopic (exact) mass is 728 g/mol. The van der Waals surface area contributed by atoms with Gasteiger partial charge in [0.05, 0.1) is 46.1 Å². The number of hydrogen-bond acceptors (Lipinski definition) is 10. The molecule has 15 nitrogen and oxygen atoms in total. The van der Waals surface area contributed by atoms with Gasteiger partial charge in [0.15, 0.2) is 17.3 Å². The number of anilines is 2. The molecule has 0 saturated carbocycles. The van der Waals surface area contributed by atoms with Gasteiger partial charge in [-0.1, -0.05) is 11.6 Å². The number of rotatable bonds is 9. The molecule has 6 rings (SSSR count). The van der Waals surface area contributed by atoms with E-state index in [1.807, 2.05) is 4.90 Å². The lowest BCUT2D eigenvalue weighted by Gasteiger charge is -2.37. The highest BCUT2D eigenvalue weighted by Gasteiger charge is 2.40. The van der Waals surface area contributed by atoms with E-state index in [9.17, 15) is 27.6 Å². The molecule has 4 aromatic rings. The van der Waals surface area contributed by atoms with Gasteiger partial charge < -0.3 is 36.1 Å². The van der Waals surface area contributed by atoms with Crippen molar-refractivity contribution in [3.63, 3.8) is 0 Å². The molecular formula is C32H36ClF3N12O3. The number of aromatic nitrogens is 6. The number of H-pyrrole nitrogens is 1. The van der Waals surface area contributed by atoms with Crippen molar-refractivity contribution in [3.05, 3.63) is 58.9 Å². The van der Waals surface area contributed by atoms with E-state index in [-0.39, 0.29) is 62.6 Å². The molecule has 3 amide bonds. The summed E-state index contributed by atoms with van der Waals surface area (Å²) >= 11 is 6.50. The number of hydrogen-bond donors (Lipinski definition) is 5. The van der Waals surface area contributed by atoms with Crippen molar-refractivity contribution in [1.82, 2.24) is 44.8 Å². The zero-order valence-corrected chi connectivity index (χ0v) is 28.3. The number of carbonyl (C=O) groups excluding carboxylic acids is 3. The fourth-order valence-electron chi connectivity index (χ4n) is 6.16. The average Bonchev–Trinajstić information content (AvgIpc) is 3.75. The Morgan fingerprint density at radius 3 is 2.33 bits per heavy atom. The summed E-state index contributed by atoms with van der Waals surface area (Å²) in [7, 11) is 1.39. The predicted octanol–water partition coefficient (Wildman–Crippen LogP) is 2.85. The van der Waals surface area contributed by atoms with Gasteiger partial charge in [-0.25, -0.2) is 15.0 Å². The first kappa shape index (κ1) is 35.7. The average molecular weight is 729 g/mol. The van der Waals surface area contributed by atoms with E-state index in [1.165, 1.54) is 42.2 Å². The van der Waals surface area contributed by atoms with Gasteiger partial charge in [0.2, 0.25) is 5.91 Å². The standard InChI is InChI=1S/C32H36ClF3N12O3/c1-46-23(24-25(44-45-26(24)32(34,35)36)27-40-15-20(16-41-27)39-9-6-37)17-42-28(46)29(49)43-19-2-3-21(22(33)14-19)31(51)48-12-10-47(11-13-48)30(50)18-4-7-38-8-5-18/h2-3,14-18,38-39H,4-13,37H2,1H3,(H,43,49)(H,44,45). The molecule has 2 fully saturated rings. The van der Waals surface area contributed by atoms with Crippen LogP contribution in [0.1, 0.15) is 39.5 Å². The van der Waals surface area contributed by atoms with Crippen LogP contribution in [0.25, 0.3) is 22.8 Å². The molecule has 0 spiro atoms. The van der Waals surface area contributed by atoms with Crippen LogP contribution in [-0.2, 0) is 18.0 Å². The summed E-state index contributed by atoms with van der Waals surface area (Å²) in [4.78, 5) is 55.5. The Balaban J connectivity index is 1.15. The van der Waals surface area contributed by atoms with E-state index in [4.69, 9.17) is 17.3 Å². The number of amides is 3. The van der Waals surface area contributed by atoms with E-state index >= 15 is 0 Å². The molecular weight excluding hydrogens is 693 g/mol. The van der Waals surface area contributed by atoms with Gasteiger partial charge in [0.1, 0.15) is 5.69 Å². The van der Waals surface area contributed by atoms with Crippen molar-refractivity contribution < 1.29 is 27.6 Å². The van der Waals surface area contributed by atoms with Crippen LogP contribution in [0.4, 0.5) is 24.5 Å². The number of nitrogens with one attached hydrogen (secondary N) is 4. The topological polar surface area (TPSA) is 192 Å². The second-order valence-corrected chi connectivity index (χ2v) is 12.6. The van der Waals surface area contributed by atoms with Gasteiger partial charge in [-0.2, -0.15) is 18.3 Å². The lowest BCUT2D eigenvalue weighted by molar-refractivity contribution is -0.140. The quantitative estimate of drug-likeness (QED) is 0.171. The van der Waals surface area contributed by atoms with E-state index in [0.717, 1.165) is 32.1 Å². The molecule has 3 aromatic heterocycles. The maximum atomic E-state index is 14.1. The first-order valence-corrected chi connectivity index (χ1v) is 16.7. The summed E-state index contributed by atoms with van der Waals surface area (Å²) in [5, 5.41) is 14.9. The second kappa shape index (κ2) is 15.0. The number of alkyl halides is 3. The molecule has 2 saturated heterocycles. The normalized spacial score (nSPS) is 15.6. The zero-order valence-electron chi connectivity index (χ0n) is 27.6. The van der Waals surface area contributed by atoms with Crippen LogP contribution in [0.2, 0.25) is 5.02 Å². The summed E-state index contributed by atoms with van der Waals surface area (Å²) in [6.45, 7) is 4.05. The largest absolute Gasteiger partial charge is 0.435 e. The number of nitrogens with zero attached hydrogens (tertiary/aromatic N) is 7. The summed E-state index contributed by atoms with van der Waals surface area (Å²) < 4.78 is 43.5.